The number of likely N-dealkylation sites (N-methyl/N-ethyl adjacent to an activating group) is 1. The van der Waals surface area contributed by atoms with Gasteiger partial charge in [0.05, 0.1) is 18.7 Å². The van der Waals surface area contributed by atoms with Crippen LogP contribution >= 0.6 is 0 Å². The maximum absolute atomic E-state index is 14.0. The summed E-state index contributed by atoms with van der Waals surface area (Å²) in [5, 5.41) is 41.9. The number of carbonyl (C=O) groups is 3. The Morgan fingerprint density at radius 1 is 1.24 bits per heavy atom. The number of rotatable bonds is 2. The molecule has 0 aliphatic heterocycles. The number of phenolic OH excluding ortho intramolecular Hbond substituents is 1. The van der Waals surface area contributed by atoms with E-state index < -0.39 is 58.3 Å². The number of Topliss-reactive ketones (excluding diaryl/α,β-unsaturated/α-hetero) is 2. The molecule has 1 aromatic carbocycles. The summed E-state index contributed by atoms with van der Waals surface area (Å²) in [4.78, 5) is 40.8. The SMILES string of the molecule is COC(=O)OC12C(=O)C3=C(O)c4c(O)cccc4CC3CC1C(N(C)C)C(=O)C(C#N)=C2O. The number of methoxy groups -OCH3 is 1. The van der Waals surface area contributed by atoms with Gasteiger partial charge in [-0.2, -0.15) is 5.26 Å². The minimum absolute atomic E-state index is 0.0641. The molecule has 4 unspecified atom stereocenters. The molecule has 4 rings (SSSR count). The van der Waals surface area contributed by atoms with Crippen LogP contribution in [-0.4, -0.2) is 70.8 Å². The van der Waals surface area contributed by atoms with Gasteiger partial charge in [-0.15, -0.1) is 0 Å². The zero-order valence-electron chi connectivity index (χ0n) is 18.2. The third kappa shape index (κ3) is 2.93. The Bertz CT molecular complexity index is 1190. The number of nitriles is 1. The summed E-state index contributed by atoms with van der Waals surface area (Å²) in [5.41, 5.74) is -2.64. The average molecular weight is 454 g/mol. The number of benzene rings is 1. The number of nitrogens with zero attached hydrogens (tertiary/aromatic N) is 2. The molecule has 1 fully saturated rings. The van der Waals surface area contributed by atoms with E-state index in [0.717, 1.165) is 7.11 Å². The van der Waals surface area contributed by atoms with Crippen molar-refractivity contribution in [2.75, 3.05) is 21.2 Å². The van der Waals surface area contributed by atoms with Gasteiger partial charge in [0.2, 0.25) is 11.4 Å². The van der Waals surface area contributed by atoms with E-state index in [-0.39, 0.29) is 29.7 Å². The van der Waals surface area contributed by atoms with Crippen LogP contribution in [0.15, 0.2) is 35.1 Å². The number of ketones is 2. The first-order chi connectivity index (χ1) is 15.6. The number of hydrogen-bond acceptors (Lipinski definition) is 10. The minimum atomic E-state index is -2.46. The van der Waals surface area contributed by atoms with Crippen LogP contribution in [0, 0.1) is 23.2 Å². The van der Waals surface area contributed by atoms with Crippen molar-refractivity contribution in [2.24, 2.45) is 11.8 Å². The lowest BCUT2D eigenvalue weighted by atomic mass is 9.57. The molecule has 3 aliphatic rings. The molecule has 0 bridgehead atoms. The fourth-order valence-electron chi connectivity index (χ4n) is 5.37. The number of fused-ring (bicyclic) bond motifs is 3. The van der Waals surface area contributed by atoms with E-state index in [9.17, 15) is 35.0 Å². The summed E-state index contributed by atoms with van der Waals surface area (Å²) in [6.07, 6.45) is -0.973. The van der Waals surface area contributed by atoms with Crippen molar-refractivity contribution in [3.63, 3.8) is 0 Å². The largest absolute Gasteiger partial charge is 0.509 e. The molecule has 0 spiro atoms. The van der Waals surface area contributed by atoms with Crippen LogP contribution in [0.4, 0.5) is 4.79 Å². The van der Waals surface area contributed by atoms with Gasteiger partial charge >= 0.3 is 6.16 Å². The zero-order valence-corrected chi connectivity index (χ0v) is 18.2. The Morgan fingerprint density at radius 2 is 1.94 bits per heavy atom. The molecule has 172 valence electrons. The first kappa shape index (κ1) is 22.4. The topological polar surface area (TPSA) is 157 Å². The molecule has 1 saturated carbocycles. The van der Waals surface area contributed by atoms with Crippen LogP contribution < -0.4 is 0 Å². The van der Waals surface area contributed by atoms with E-state index in [1.54, 1.807) is 32.3 Å². The molecular weight excluding hydrogens is 432 g/mol. The highest BCUT2D eigenvalue weighted by Gasteiger charge is 2.67. The third-order valence-electron chi connectivity index (χ3n) is 6.70. The molecule has 0 heterocycles. The van der Waals surface area contributed by atoms with Gasteiger partial charge < -0.3 is 24.8 Å². The maximum Gasteiger partial charge on any atom is 0.509 e. The molecule has 3 N–H and O–H groups in total. The van der Waals surface area contributed by atoms with Gasteiger partial charge in [-0.25, -0.2) is 4.79 Å². The van der Waals surface area contributed by atoms with Crippen molar-refractivity contribution in [3.05, 3.63) is 46.2 Å². The highest BCUT2D eigenvalue weighted by Crippen LogP contribution is 2.54. The molecule has 10 nitrogen and oxygen atoms in total. The number of carbonyl (C=O) groups excluding carboxylic acids is 3. The van der Waals surface area contributed by atoms with E-state index in [1.807, 2.05) is 0 Å². The predicted octanol–water partition coefficient (Wildman–Crippen LogP) is 1.79. The quantitative estimate of drug-likeness (QED) is 0.563. The van der Waals surface area contributed by atoms with Gasteiger partial charge in [-0.05, 0) is 44.5 Å². The molecule has 10 heteroatoms. The molecule has 0 saturated heterocycles. The van der Waals surface area contributed by atoms with E-state index in [0.29, 0.717) is 5.56 Å². The van der Waals surface area contributed by atoms with Crippen molar-refractivity contribution in [1.82, 2.24) is 4.90 Å². The van der Waals surface area contributed by atoms with Crippen LogP contribution in [0.3, 0.4) is 0 Å². The molecule has 0 amide bonds. The van der Waals surface area contributed by atoms with Gasteiger partial charge in [0, 0.05) is 11.5 Å². The van der Waals surface area contributed by atoms with Crippen LogP contribution in [0.25, 0.3) is 5.76 Å². The molecule has 0 aromatic heterocycles. The number of aliphatic hydroxyl groups excluding tert-OH is 2. The second kappa shape index (κ2) is 7.64. The Kier molecular flexibility index (Phi) is 5.17. The fraction of sp³-hybridized carbons (Fsp3) is 0.391. The van der Waals surface area contributed by atoms with E-state index in [4.69, 9.17) is 4.74 Å². The van der Waals surface area contributed by atoms with Gasteiger partial charge in [-0.1, -0.05) is 12.1 Å². The Hall–Kier alpha value is -3.84. The van der Waals surface area contributed by atoms with Crippen LogP contribution in [-0.2, 0) is 25.5 Å². The van der Waals surface area contributed by atoms with Gasteiger partial charge in [0.25, 0.3) is 0 Å². The fourth-order valence-corrected chi connectivity index (χ4v) is 5.37. The number of aliphatic hydroxyl groups is 2. The second-order valence-electron chi connectivity index (χ2n) is 8.55. The van der Waals surface area contributed by atoms with Crippen molar-refractivity contribution < 1.29 is 39.2 Å². The van der Waals surface area contributed by atoms with Gasteiger partial charge in [0.15, 0.2) is 11.5 Å². The van der Waals surface area contributed by atoms with Crippen molar-refractivity contribution in [2.45, 2.75) is 24.5 Å². The summed E-state index contributed by atoms with van der Waals surface area (Å²) in [6, 6.07) is 5.23. The molecule has 3 aliphatic carbocycles. The first-order valence-corrected chi connectivity index (χ1v) is 10.2. The lowest BCUT2D eigenvalue weighted by Gasteiger charge is -2.51. The third-order valence-corrected chi connectivity index (χ3v) is 6.70. The summed E-state index contributed by atoms with van der Waals surface area (Å²) in [6.45, 7) is 0. The zero-order chi connectivity index (χ0) is 24.2. The number of phenols is 1. The van der Waals surface area contributed by atoms with Crippen molar-refractivity contribution >= 4 is 23.5 Å². The monoisotopic (exact) mass is 454 g/mol. The summed E-state index contributed by atoms with van der Waals surface area (Å²) in [5.74, 6) is -5.05. The smallest absolute Gasteiger partial charge is 0.507 e. The van der Waals surface area contributed by atoms with Crippen LogP contribution in [0.1, 0.15) is 17.5 Å². The maximum atomic E-state index is 14.0. The normalized spacial score (nSPS) is 28.6. The highest BCUT2D eigenvalue weighted by atomic mass is 16.7. The lowest BCUT2D eigenvalue weighted by molar-refractivity contribution is -0.157. The summed E-state index contributed by atoms with van der Waals surface area (Å²) < 4.78 is 9.95. The number of hydrogen-bond donors (Lipinski definition) is 3. The van der Waals surface area contributed by atoms with Gasteiger partial charge in [-0.3, -0.25) is 14.5 Å². The van der Waals surface area contributed by atoms with E-state index in [2.05, 4.69) is 4.74 Å². The molecular formula is C23H22N2O8. The van der Waals surface area contributed by atoms with Crippen molar-refractivity contribution in [1.29, 1.82) is 5.26 Å². The molecule has 4 atom stereocenters. The number of aromatic hydroxyl groups is 1. The van der Waals surface area contributed by atoms with Crippen LogP contribution in [0.5, 0.6) is 5.75 Å². The van der Waals surface area contributed by atoms with E-state index in [1.165, 1.54) is 11.0 Å². The highest BCUT2D eigenvalue weighted by molar-refractivity contribution is 6.15. The average Bonchev–Trinajstić information content (AvgIpc) is 2.75. The first-order valence-electron chi connectivity index (χ1n) is 10.2. The molecule has 0 radical (unpaired) electrons. The minimum Gasteiger partial charge on any atom is -0.507 e. The summed E-state index contributed by atoms with van der Waals surface area (Å²) >= 11 is 0. The predicted molar refractivity (Wildman–Crippen MR) is 112 cm³/mol. The molecule has 1 aromatic rings. The summed E-state index contributed by atoms with van der Waals surface area (Å²) in [7, 11) is 4.16. The van der Waals surface area contributed by atoms with Gasteiger partial charge in [0.1, 0.15) is 23.2 Å². The van der Waals surface area contributed by atoms with Crippen LogP contribution in [0.2, 0.25) is 0 Å². The Labute approximate surface area is 188 Å². The second-order valence-corrected chi connectivity index (χ2v) is 8.55. The van der Waals surface area contributed by atoms with E-state index >= 15 is 0 Å². The van der Waals surface area contributed by atoms with Crippen molar-refractivity contribution in [3.8, 4) is 11.8 Å². The Morgan fingerprint density at radius 3 is 2.55 bits per heavy atom. The number of ether oxygens (including phenoxy) is 2. The molecule has 33 heavy (non-hydrogen) atoms. The Balaban J connectivity index is 2.04. The standard InChI is InChI=1S/C23H22N2O8/c1-25(2)17-13-8-11-7-10-5-4-6-14(26)15(10)19(28)16(11)21(30)23(13,33-22(31)32-3)20(29)12(9-24)18(17)27/h4-6,11,13,17,26,28-29H,7-8H2,1-3H3. The lowest BCUT2D eigenvalue weighted by Crippen LogP contribution is -2.66.